The number of aryl methyl sites for hydroxylation is 1. The Hall–Kier alpha value is -2.57. The van der Waals surface area contributed by atoms with Crippen LogP contribution in [0.5, 0.6) is 0 Å². The molecule has 1 aromatic rings. The van der Waals surface area contributed by atoms with Crippen LogP contribution < -0.4 is 16.4 Å². The third kappa shape index (κ3) is 5.38. The summed E-state index contributed by atoms with van der Waals surface area (Å²) in [7, 11) is 0. The van der Waals surface area contributed by atoms with E-state index in [-0.39, 0.29) is 13.0 Å². The molecule has 0 radical (unpaired) electrons. The maximum absolute atomic E-state index is 11.6. The molecule has 0 aliphatic carbocycles. The van der Waals surface area contributed by atoms with E-state index in [2.05, 4.69) is 10.6 Å². The van der Waals surface area contributed by atoms with Crippen molar-refractivity contribution in [3.05, 3.63) is 29.3 Å². The molecule has 0 aromatic heterocycles. The van der Waals surface area contributed by atoms with Crippen LogP contribution in [-0.2, 0) is 4.79 Å². The van der Waals surface area contributed by atoms with Crippen LogP contribution >= 0.6 is 0 Å². The number of aliphatic carboxylic acids is 1. The number of nitrogens with one attached hydrogen (secondary N) is 2. The van der Waals surface area contributed by atoms with E-state index >= 15 is 0 Å². The van der Waals surface area contributed by atoms with Crippen molar-refractivity contribution in [2.24, 2.45) is 5.73 Å². The Morgan fingerprint density at radius 1 is 1.25 bits per heavy atom. The Bertz CT molecular complexity index is 528. The SMILES string of the molecule is Cc1cc(NC(=O)NCCCC(=O)O)cc(C(N)=O)c1. The van der Waals surface area contributed by atoms with Crippen LogP contribution in [0.15, 0.2) is 18.2 Å². The lowest BCUT2D eigenvalue weighted by Gasteiger charge is -2.09. The van der Waals surface area contributed by atoms with Gasteiger partial charge in [-0.05, 0) is 37.1 Å². The van der Waals surface area contributed by atoms with Gasteiger partial charge in [-0.15, -0.1) is 0 Å². The van der Waals surface area contributed by atoms with Gasteiger partial charge in [-0.2, -0.15) is 0 Å². The summed E-state index contributed by atoms with van der Waals surface area (Å²) in [6, 6.07) is 4.34. The summed E-state index contributed by atoms with van der Waals surface area (Å²) < 4.78 is 0. The number of rotatable bonds is 6. The van der Waals surface area contributed by atoms with Crippen molar-refractivity contribution in [3.8, 4) is 0 Å². The molecular formula is C13H17N3O4. The summed E-state index contributed by atoms with van der Waals surface area (Å²) in [6.45, 7) is 2.04. The highest BCUT2D eigenvalue weighted by atomic mass is 16.4. The molecule has 0 spiro atoms. The van der Waals surface area contributed by atoms with Crippen LogP contribution in [0.4, 0.5) is 10.5 Å². The molecule has 0 saturated carbocycles. The lowest BCUT2D eigenvalue weighted by atomic mass is 10.1. The van der Waals surface area contributed by atoms with Gasteiger partial charge in [0.25, 0.3) is 0 Å². The Morgan fingerprint density at radius 2 is 1.95 bits per heavy atom. The number of carbonyl (C=O) groups excluding carboxylic acids is 2. The van der Waals surface area contributed by atoms with E-state index in [1.807, 2.05) is 0 Å². The van der Waals surface area contributed by atoms with Crippen LogP contribution in [-0.4, -0.2) is 29.6 Å². The predicted molar refractivity (Wildman–Crippen MR) is 73.6 cm³/mol. The first-order valence-corrected chi connectivity index (χ1v) is 6.06. The van der Waals surface area contributed by atoms with Crippen molar-refractivity contribution in [2.75, 3.05) is 11.9 Å². The van der Waals surface area contributed by atoms with Crippen molar-refractivity contribution in [1.29, 1.82) is 0 Å². The Balaban J connectivity index is 2.53. The summed E-state index contributed by atoms with van der Waals surface area (Å²) >= 11 is 0. The quantitative estimate of drug-likeness (QED) is 0.582. The number of carbonyl (C=O) groups is 3. The minimum absolute atomic E-state index is 0.00342. The van der Waals surface area contributed by atoms with E-state index in [0.717, 1.165) is 5.56 Å². The topological polar surface area (TPSA) is 122 Å². The molecule has 108 valence electrons. The largest absolute Gasteiger partial charge is 0.481 e. The van der Waals surface area contributed by atoms with Gasteiger partial charge in [-0.1, -0.05) is 0 Å². The molecule has 5 N–H and O–H groups in total. The third-order valence-electron chi connectivity index (χ3n) is 2.47. The molecule has 0 unspecified atom stereocenters. The summed E-state index contributed by atoms with van der Waals surface area (Å²) in [5.74, 6) is -1.48. The van der Waals surface area contributed by atoms with E-state index in [1.165, 1.54) is 6.07 Å². The number of primary amides is 1. The first kappa shape index (κ1) is 15.5. The zero-order chi connectivity index (χ0) is 15.1. The van der Waals surface area contributed by atoms with Crippen LogP contribution in [0.25, 0.3) is 0 Å². The fourth-order valence-electron chi connectivity index (χ4n) is 1.61. The van der Waals surface area contributed by atoms with Crippen LogP contribution in [0.3, 0.4) is 0 Å². The lowest BCUT2D eigenvalue weighted by molar-refractivity contribution is -0.137. The molecule has 0 fully saturated rings. The maximum atomic E-state index is 11.6. The Morgan fingerprint density at radius 3 is 2.55 bits per heavy atom. The number of carboxylic acid groups (broad SMARTS) is 1. The summed E-state index contributed by atoms with van der Waals surface area (Å²) in [4.78, 5) is 33.0. The highest BCUT2D eigenvalue weighted by molar-refractivity contribution is 5.96. The molecule has 1 aromatic carbocycles. The Labute approximate surface area is 116 Å². The van der Waals surface area contributed by atoms with Crippen molar-refractivity contribution in [2.45, 2.75) is 19.8 Å². The standard InChI is InChI=1S/C13H17N3O4/c1-8-5-9(12(14)19)7-10(6-8)16-13(20)15-4-2-3-11(17)18/h5-7H,2-4H2,1H3,(H2,14,19)(H,17,18)(H2,15,16,20). The van der Waals surface area contributed by atoms with Crippen molar-refractivity contribution >= 4 is 23.6 Å². The van der Waals surface area contributed by atoms with Crippen molar-refractivity contribution < 1.29 is 19.5 Å². The molecule has 1 rings (SSSR count). The fraction of sp³-hybridized carbons (Fsp3) is 0.308. The minimum Gasteiger partial charge on any atom is -0.481 e. The number of hydrogen-bond donors (Lipinski definition) is 4. The van der Waals surface area contributed by atoms with Gasteiger partial charge < -0.3 is 21.5 Å². The first-order valence-electron chi connectivity index (χ1n) is 6.06. The average Bonchev–Trinajstić information content (AvgIpc) is 2.33. The van der Waals surface area contributed by atoms with Crippen molar-refractivity contribution in [1.82, 2.24) is 5.32 Å². The molecule has 0 atom stereocenters. The number of urea groups is 1. The van der Waals surface area contributed by atoms with E-state index in [0.29, 0.717) is 17.7 Å². The molecule has 0 saturated heterocycles. The summed E-state index contributed by atoms with van der Waals surface area (Å²) in [6.07, 6.45) is 0.347. The van der Waals surface area contributed by atoms with E-state index in [4.69, 9.17) is 10.8 Å². The van der Waals surface area contributed by atoms with Crippen LogP contribution in [0.2, 0.25) is 0 Å². The Kier molecular flexibility index (Phi) is 5.52. The molecular weight excluding hydrogens is 262 g/mol. The highest BCUT2D eigenvalue weighted by Crippen LogP contribution is 2.14. The number of amides is 3. The van der Waals surface area contributed by atoms with Gasteiger partial charge in [-0.25, -0.2) is 4.79 Å². The number of carboxylic acids is 1. The van der Waals surface area contributed by atoms with Gasteiger partial charge in [0, 0.05) is 24.2 Å². The zero-order valence-electron chi connectivity index (χ0n) is 11.1. The number of anilines is 1. The molecule has 0 aliphatic heterocycles. The van der Waals surface area contributed by atoms with E-state index in [1.54, 1.807) is 19.1 Å². The van der Waals surface area contributed by atoms with Crippen LogP contribution in [0.1, 0.15) is 28.8 Å². The molecule has 20 heavy (non-hydrogen) atoms. The molecule has 0 aliphatic rings. The second-order valence-electron chi connectivity index (χ2n) is 4.33. The van der Waals surface area contributed by atoms with Gasteiger partial charge in [0.05, 0.1) is 0 Å². The normalized spacial score (nSPS) is 9.85. The smallest absolute Gasteiger partial charge is 0.319 e. The molecule has 0 bridgehead atoms. The third-order valence-corrected chi connectivity index (χ3v) is 2.47. The van der Waals surface area contributed by atoms with Gasteiger partial charge >= 0.3 is 12.0 Å². The van der Waals surface area contributed by atoms with Gasteiger partial charge in [-0.3, -0.25) is 9.59 Å². The van der Waals surface area contributed by atoms with E-state index < -0.39 is 17.9 Å². The molecule has 7 heteroatoms. The number of hydrogen-bond acceptors (Lipinski definition) is 3. The summed E-state index contributed by atoms with van der Waals surface area (Å²) in [5, 5.41) is 13.5. The monoisotopic (exact) mass is 279 g/mol. The lowest BCUT2D eigenvalue weighted by Crippen LogP contribution is -2.30. The molecule has 3 amide bonds. The summed E-state index contributed by atoms with van der Waals surface area (Å²) in [5.41, 5.74) is 6.74. The van der Waals surface area contributed by atoms with E-state index in [9.17, 15) is 14.4 Å². The van der Waals surface area contributed by atoms with Gasteiger partial charge in [0.1, 0.15) is 0 Å². The first-order chi connectivity index (χ1) is 9.38. The van der Waals surface area contributed by atoms with Gasteiger partial charge in [0.2, 0.25) is 5.91 Å². The fourth-order valence-corrected chi connectivity index (χ4v) is 1.61. The minimum atomic E-state index is -0.906. The second-order valence-corrected chi connectivity index (χ2v) is 4.33. The highest BCUT2D eigenvalue weighted by Gasteiger charge is 2.06. The molecule has 7 nitrogen and oxygen atoms in total. The van der Waals surface area contributed by atoms with Gasteiger partial charge in [0.15, 0.2) is 0 Å². The number of benzene rings is 1. The van der Waals surface area contributed by atoms with Crippen molar-refractivity contribution in [3.63, 3.8) is 0 Å². The average molecular weight is 279 g/mol. The van der Waals surface area contributed by atoms with Crippen LogP contribution in [0, 0.1) is 6.92 Å². The second kappa shape index (κ2) is 7.13. The molecule has 0 heterocycles. The predicted octanol–water partition coefficient (Wildman–Crippen LogP) is 1.08. The maximum Gasteiger partial charge on any atom is 0.319 e. The zero-order valence-corrected chi connectivity index (χ0v) is 11.1. The number of nitrogens with two attached hydrogens (primary N) is 1.